The maximum atomic E-state index is 2.66. The molecule has 2 aromatic carbocycles. The number of nitrogens with zero attached hydrogens (tertiary/aromatic N) is 1. The molecule has 0 fully saturated rings. The first-order valence-electron chi connectivity index (χ1n) is 9.80. The molecule has 0 radical (unpaired) electrons. The lowest BCUT2D eigenvalue weighted by Gasteiger charge is -2.29. The number of fused-ring (bicyclic) bond motifs is 4. The molecule has 0 N–H and O–H groups in total. The standard InChI is InChI=1S/C24H31NSi/c1-16-18-10-8-9-11-19(18)23-22(16)20-14-17(24(2,3)4)12-13-21(20)25(23)15-26(5,6)7/h8-14,22H,15H2,1-7H3. The Kier molecular flexibility index (Phi) is 3.79. The summed E-state index contributed by atoms with van der Waals surface area (Å²) in [5.41, 5.74) is 7.62. The molecule has 1 aliphatic heterocycles. The normalized spacial score (nSPS) is 18.9. The molecule has 1 atom stereocenters. The quantitative estimate of drug-likeness (QED) is 0.697. The summed E-state index contributed by atoms with van der Waals surface area (Å²) >= 11 is 0. The highest BCUT2D eigenvalue weighted by molar-refractivity contribution is 6.76. The average Bonchev–Trinajstić information content (AvgIpc) is 3.00. The van der Waals surface area contributed by atoms with Gasteiger partial charge in [0.2, 0.25) is 0 Å². The second-order valence-corrected chi connectivity index (χ2v) is 15.7. The molecule has 1 unspecified atom stereocenters. The Labute approximate surface area is 159 Å². The van der Waals surface area contributed by atoms with Crippen LogP contribution in [0, 0.1) is 0 Å². The van der Waals surface area contributed by atoms with Gasteiger partial charge in [0, 0.05) is 28.7 Å². The highest BCUT2D eigenvalue weighted by Crippen LogP contribution is 2.50. The fraction of sp³-hybridized carbons (Fsp3) is 0.417. The van der Waals surface area contributed by atoms with Crippen molar-refractivity contribution in [3.63, 3.8) is 0 Å². The molecule has 0 saturated carbocycles. The minimum Gasteiger partial charge on any atom is -0.346 e. The molecule has 26 heavy (non-hydrogen) atoms. The number of hydrogen-bond donors (Lipinski definition) is 0. The van der Waals surface area contributed by atoms with Gasteiger partial charge in [-0.15, -0.1) is 0 Å². The summed E-state index contributed by atoms with van der Waals surface area (Å²) in [5.74, 6) is 0.432. The van der Waals surface area contributed by atoms with Crippen molar-refractivity contribution in [2.24, 2.45) is 0 Å². The highest BCUT2D eigenvalue weighted by Gasteiger charge is 2.40. The SMILES string of the molecule is CC1=c2ccccc2=C2C1c1cc(C(C)(C)C)ccc1N2C[Si](C)(C)C. The molecule has 0 spiro atoms. The topological polar surface area (TPSA) is 3.24 Å². The fourth-order valence-corrected chi connectivity index (χ4v) is 5.81. The molecular weight excluding hydrogens is 330 g/mol. The summed E-state index contributed by atoms with van der Waals surface area (Å²) in [6.45, 7) is 16.7. The zero-order valence-corrected chi connectivity index (χ0v) is 18.3. The van der Waals surface area contributed by atoms with Gasteiger partial charge in [-0.1, -0.05) is 82.4 Å². The first kappa shape index (κ1) is 17.6. The Bertz CT molecular complexity index is 1000. The first-order chi connectivity index (χ1) is 12.1. The minimum atomic E-state index is -1.25. The third-order valence-electron chi connectivity index (χ3n) is 5.75. The molecule has 2 heteroatoms. The van der Waals surface area contributed by atoms with Crippen LogP contribution in [-0.4, -0.2) is 14.2 Å². The number of benzene rings is 2. The Balaban J connectivity index is 2.00. The largest absolute Gasteiger partial charge is 0.346 e. The van der Waals surface area contributed by atoms with Crippen molar-refractivity contribution in [2.45, 2.75) is 58.7 Å². The lowest BCUT2D eigenvalue weighted by molar-refractivity contribution is 0.589. The number of rotatable bonds is 2. The van der Waals surface area contributed by atoms with Crippen LogP contribution in [0.25, 0.3) is 11.3 Å². The van der Waals surface area contributed by atoms with E-state index in [1.807, 2.05) is 0 Å². The summed E-state index contributed by atoms with van der Waals surface area (Å²) in [5, 5.41) is 2.89. The van der Waals surface area contributed by atoms with E-state index in [9.17, 15) is 0 Å². The maximum Gasteiger partial charge on any atom is 0.0671 e. The molecule has 0 amide bonds. The summed E-state index contributed by atoms with van der Waals surface area (Å²) in [6, 6.07) is 16.2. The highest BCUT2D eigenvalue weighted by atomic mass is 28.3. The predicted octanol–water partition coefficient (Wildman–Crippen LogP) is 4.76. The van der Waals surface area contributed by atoms with E-state index in [0.29, 0.717) is 5.92 Å². The van der Waals surface area contributed by atoms with E-state index in [4.69, 9.17) is 0 Å². The Morgan fingerprint density at radius 1 is 0.962 bits per heavy atom. The van der Waals surface area contributed by atoms with Crippen molar-refractivity contribution in [1.29, 1.82) is 0 Å². The molecular formula is C24H31NSi. The smallest absolute Gasteiger partial charge is 0.0671 e. The van der Waals surface area contributed by atoms with Crippen molar-refractivity contribution in [3.8, 4) is 0 Å². The van der Waals surface area contributed by atoms with Gasteiger partial charge in [0.05, 0.1) is 8.07 Å². The molecule has 0 bridgehead atoms. The summed E-state index contributed by atoms with van der Waals surface area (Å²) < 4.78 is 0. The Hall–Kier alpha value is -1.80. The molecule has 2 aromatic rings. The van der Waals surface area contributed by atoms with Crippen molar-refractivity contribution in [2.75, 3.05) is 11.1 Å². The minimum absolute atomic E-state index is 0.181. The summed E-state index contributed by atoms with van der Waals surface area (Å²) in [6.07, 6.45) is 1.18. The van der Waals surface area contributed by atoms with Crippen molar-refractivity contribution in [1.82, 2.24) is 0 Å². The molecule has 1 nitrogen and oxygen atoms in total. The van der Waals surface area contributed by atoms with Gasteiger partial charge in [0.15, 0.2) is 0 Å². The first-order valence-corrected chi connectivity index (χ1v) is 13.5. The zero-order chi connectivity index (χ0) is 18.9. The predicted molar refractivity (Wildman–Crippen MR) is 117 cm³/mol. The lowest BCUT2D eigenvalue weighted by atomic mass is 9.83. The lowest BCUT2D eigenvalue weighted by Crippen LogP contribution is -2.40. The number of anilines is 1. The van der Waals surface area contributed by atoms with Gasteiger partial charge in [-0.25, -0.2) is 0 Å². The maximum absolute atomic E-state index is 2.66. The van der Waals surface area contributed by atoms with Crippen LogP contribution in [0.2, 0.25) is 19.6 Å². The van der Waals surface area contributed by atoms with E-state index >= 15 is 0 Å². The van der Waals surface area contributed by atoms with Crippen LogP contribution in [0.15, 0.2) is 42.5 Å². The summed E-state index contributed by atoms with van der Waals surface area (Å²) in [4.78, 5) is 2.66. The Morgan fingerprint density at radius 2 is 1.62 bits per heavy atom. The van der Waals surface area contributed by atoms with E-state index in [0.717, 1.165) is 0 Å². The van der Waals surface area contributed by atoms with Crippen LogP contribution >= 0.6 is 0 Å². The molecule has 136 valence electrons. The van der Waals surface area contributed by atoms with Gasteiger partial charge in [-0.2, -0.15) is 0 Å². The fourth-order valence-electron chi connectivity index (χ4n) is 4.52. The second-order valence-electron chi connectivity index (χ2n) is 10.2. The van der Waals surface area contributed by atoms with Crippen LogP contribution in [0.5, 0.6) is 0 Å². The van der Waals surface area contributed by atoms with E-state index < -0.39 is 8.07 Å². The van der Waals surface area contributed by atoms with Crippen LogP contribution in [0.4, 0.5) is 5.69 Å². The molecule has 4 rings (SSSR count). The van der Waals surface area contributed by atoms with Gasteiger partial charge in [0.1, 0.15) is 0 Å². The van der Waals surface area contributed by atoms with Crippen LogP contribution < -0.4 is 15.3 Å². The van der Waals surface area contributed by atoms with Gasteiger partial charge in [-0.3, -0.25) is 0 Å². The molecule has 2 aliphatic rings. The van der Waals surface area contributed by atoms with Crippen LogP contribution in [0.3, 0.4) is 0 Å². The average molecular weight is 362 g/mol. The van der Waals surface area contributed by atoms with Gasteiger partial charge >= 0.3 is 0 Å². The number of hydrogen-bond acceptors (Lipinski definition) is 1. The van der Waals surface area contributed by atoms with Crippen molar-refractivity contribution < 1.29 is 0 Å². The molecule has 1 heterocycles. The Morgan fingerprint density at radius 3 is 2.23 bits per heavy atom. The van der Waals surface area contributed by atoms with Crippen LogP contribution in [0.1, 0.15) is 44.7 Å². The second kappa shape index (κ2) is 5.59. The molecule has 1 aliphatic carbocycles. The van der Waals surface area contributed by atoms with Crippen molar-refractivity contribution in [3.05, 3.63) is 64.0 Å². The van der Waals surface area contributed by atoms with E-state index in [1.54, 1.807) is 0 Å². The van der Waals surface area contributed by atoms with Gasteiger partial charge in [0.25, 0.3) is 0 Å². The van der Waals surface area contributed by atoms with Gasteiger partial charge in [-0.05, 0) is 34.8 Å². The zero-order valence-electron chi connectivity index (χ0n) is 17.3. The monoisotopic (exact) mass is 361 g/mol. The van der Waals surface area contributed by atoms with E-state index in [1.165, 1.54) is 44.7 Å². The van der Waals surface area contributed by atoms with E-state index in [-0.39, 0.29) is 5.41 Å². The molecule has 0 saturated heterocycles. The van der Waals surface area contributed by atoms with Gasteiger partial charge < -0.3 is 4.90 Å². The molecule has 0 aromatic heterocycles. The van der Waals surface area contributed by atoms with E-state index in [2.05, 4.69) is 94.7 Å². The third kappa shape index (κ3) is 2.66. The third-order valence-corrected chi connectivity index (χ3v) is 7.02. The summed E-state index contributed by atoms with van der Waals surface area (Å²) in [7, 11) is -1.25. The van der Waals surface area contributed by atoms with Crippen LogP contribution in [-0.2, 0) is 5.41 Å². The van der Waals surface area contributed by atoms with Crippen molar-refractivity contribution >= 4 is 25.0 Å².